The summed E-state index contributed by atoms with van der Waals surface area (Å²) in [6.45, 7) is 6.23. The van der Waals surface area contributed by atoms with Crippen molar-refractivity contribution in [2.45, 2.75) is 26.7 Å². The van der Waals surface area contributed by atoms with Gasteiger partial charge in [0.2, 0.25) is 6.41 Å². The fourth-order valence-electron chi connectivity index (χ4n) is 2.10. The summed E-state index contributed by atoms with van der Waals surface area (Å²) >= 11 is 0. The Hall–Kier alpha value is -2.11. The highest BCUT2D eigenvalue weighted by Gasteiger charge is 2.15. The fourth-order valence-corrected chi connectivity index (χ4v) is 2.10. The van der Waals surface area contributed by atoms with Gasteiger partial charge in [0.25, 0.3) is 0 Å². The number of fused-ring (bicyclic) bond motifs is 1. The van der Waals surface area contributed by atoms with Gasteiger partial charge in [0.05, 0.1) is 5.69 Å². The Balaban J connectivity index is 2.64. The minimum absolute atomic E-state index is 0.357. The molecule has 1 amide bonds. The molecule has 0 radical (unpaired) electrons. The SMILES string of the molecule is Cc1nn(C)c2nc(NNC=O)cc(C(C)C)c12. The number of rotatable bonds is 4. The molecule has 0 saturated carbocycles. The van der Waals surface area contributed by atoms with Gasteiger partial charge in [-0.25, -0.2) is 4.98 Å². The Kier molecular flexibility index (Phi) is 3.18. The molecule has 0 bridgehead atoms. The molecule has 2 aromatic rings. The number of anilines is 1. The number of carbonyl (C=O) groups is 1. The van der Waals surface area contributed by atoms with Crippen molar-refractivity contribution in [1.29, 1.82) is 0 Å². The van der Waals surface area contributed by atoms with E-state index in [0.717, 1.165) is 16.7 Å². The van der Waals surface area contributed by atoms with Gasteiger partial charge in [-0.15, -0.1) is 0 Å². The van der Waals surface area contributed by atoms with E-state index < -0.39 is 0 Å². The molecule has 18 heavy (non-hydrogen) atoms. The van der Waals surface area contributed by atoms with Crippen molar-refractivity contribution in [1.82, 2.24) is 20.2 Å². The topological polar surface area (TPSA) is 71.8 Å². The maximum absolute atomic E-state index is 10.3. The molecule has 2 aromatic heterocycles. The number of amides is 1. The van der Waals surface area contributed by atoms with Crippen LogP contribution < -0.4 is 10.9 Å². The second kappa shape index (κ2) is 4.64. The van der Waals surface area contributed by atoms with Crippen LogP contribution in [0.25, 0.3) is 11.0 Å². The summed E-state index contributed by atoms with van der Waals surface area (Å²) in [4.78, 5) is 14.8. The monoisotopic (exact) mass is 247 g/mol. The summed E-state index contributed by atoms with van der Waals surface area (Å²) in [5.41, 5.74) is 8.10. The van der Waals surface area contributed by atoms with Crippen LogP contribution in [0, 0.1) is 6.92 Å². The zero-order chi connectivity index (χ0) is 13.3. The quantitative estimate of drug-likeness (QED) is 0.634. The Morgan fingerprint density at radius 1 is 1.44 bits per heavy atom. The van der Waals surface area contributed by atoms with Gasteiger partial charge in [0.1, 0.15) is 5.82 Å². The van der Waals surface area contributed by atoms with Crippen molar-refractivity contribution in [3.8, 4) is 0 Å². The molecule has 0 aliphatic heterocycles. The zero-order valence-electron chi connectivity index (χ0n) is 11.0. The first kappa shape index (κ1) is 12.3. The van der Waals surface area contributed by atoms with E-state index in [2.05, 4.69) is 34.8 Å². The first-order valence-electron chi connectivity index (χ1n) is 5.84. The highest BCUT2D eigenvalue weighted by molar-refractivity contribution is 5.84. The third-order valence-electron chi connectivity index (χ3n) is 2.88. The number of hydrogen-bond acceptors (Lipinski definition) is 4. The van der Waals surface area contributed by atoms with Crippen LogP contribution >= 0.6 is 0 Å². The largest absolute Gasteiger partial charge is 0.282 e. The lowest BCUT2D eigenvalue weighted by Crippen LogP contribution is -2.20. The van der Waals surface area contributed by atoms with Crippen LogP contribution in [-0.2, 0) is 11.8 Å². The van der Waals surface area contributed by atoms with Crippen LogP contribution in [0.1, 0.15) is 31.0 Å². The molecular formula is C12H17N5O. The first-order chi connectivity index (χ1) is 8.54. The number of nitrogens with one attached hydrogen (secondary N) is 2. The first-order valence-corrected chi connectivity index (χ1v) is 5.84. The number of hydrazine groups is 1. The smallest absolute Gasteiger partial charge is 0.225 e. The lowest BCUT2D eigenvalue weighted by atomic mass is 10.00. The van der Waals surface area contributed by atoms with Gasteiger partial charge < -0.3 is 0 Å². The normalized spacial score (nSPS) is 10.9. The second-order valence-electron chi connectivity index (χ2n) is 4.55. The summed E-state index contributed by atoms with van der Waals surface area (Å²) in [6, 6.07) is 1.94. The molecule has 0 atom stereocenters. The lowest BCUT2D eigenvalue weighted by Gasteiger charge is -2.11. The van der Waals surface area contributed by atoms with Crippen molar-refractivity contribution in [2.24, 2.45) is 7.05 Å². The van der Waals surface area contributed by atoms with Crippen molar-refractivity contribution in [3.05, 3.63) is 17.3 Å². The molecule has 0 aliphatic rings. The Morgan fingerprint density at radius 2 is 2.17 bits per heavy atom. The molecule has 2 rings (SSSR count). The predicted molar refractivity (Wildman–Crippen MR) is 70.2 cm³/mol. The van der Waals surface area contributed by atoms with Gasteiger partial charge in [-0.3, -0.25) is 20.3 Å². The van der Waals surface area contributed by atoms with Gasteiger partial charge >= 0.3 is 0 Å². The van der Waals surface area contributed by atoms with Crippen LogP contribution in [0.15, 0.2) is 6.07 Å². The summed E-state index contributed by atoms with van der Waals surface area (Å²) in [5, 5.41) is 5.48. The van der Waals surface area contributed by atoms with Gasteiger partial charge in [-0.1, -0.05) is 13.8 Å². The lowest BCUT2D eigenvalue weighted by molar-refractivity contribution is -0.109. The maximum Gasteiger partial charge on any atom is 0.225 e. The molecule has 6 nitrogen and oxygen atoms in total. The van der Waals surface area contributed by atoms with E-state index in [1.165, 1.54) is 5.56 Å². The standard InChI is InChI=1S/C12H17N5O/c1-7(2)9-5-10(15-13-6-18)14-12-11(9)8(3)16-17(12)4/h5-7H,1-4H3,(H,13,18)(H,14,15). The Bertz CT molecular complexity index is 588. The van der Waals surface area contributed by atoms with Crippen LogP contribution in [0.3, 0.4) is 0 Å². The number of nitrogens with zero attached hydrogens (tertiary/aromatic N) is 3. The second-order valence-corrected chi connectivity index (χ2v) is 4.55. The van der Waals surface area contributed by atoms with E-state index in [-0.39, 0.29) is 0 Å². The van der Waals surface area contributed by atoms with E-state index in [1.807, 2.05) is 20.0 Å². The molecule has 0 aliphatic carbocycles. The van der Waals surface area contributed by atoms with E-state index >= 15 is 0 Å². The zero-order valence-corrected chi connectivity index (χ0v) is 11.0. The molecule has 96 valence electrons. The van der Waals surface area contributed by atoms with E-state index in [4.69, 9.17) is 0 Å². The van der Waals surface area contributed by atoms with E-state index in [1.54, 1.807) is 4.68 Å². The van der Waals surface area contributed by atoms with Crippen LogP contribution in [0.5, 0.6) is 0 Å². The van der Waals surface area contributed by atoms with Crippen molar-refractivity contribution < 1.29 is 4.79 Å². The van der Waals surface area contributed by atoms with Gasteiger partial charge in [-0.2, -0.15) is 5.10 Å². The van der Waals surface area contributed by atoms with Crippen LogP contribution in [-0.4, -0.2) is 21.2 Å². The number of hydrogen-bond donors (Lipinski definition) is 2. The average molecular weight is 247 g/mol. The molecular weight excluding hydrogens is 230 g/mol. The summed E-state index contributed by atoms with van der Waals surface area (Å²) in [7, 11) is 1.86. The highest BCUT2D eigenvalue weighted by atomic mass is 16.1. The number of aryl methyl sites for hydroxylation is 2. The molecule has 0 saturated heterocycles. The Morgan fingerprint density at radius 3 is 2.78 bits per heavy atom. The van der Waals surface area contributed by atoms with Crippen molar-refractivity contribution >= 4 is 23.3 Å². The molecule has 2 heterocycles. The van der Waals surface area contributed by atoms with E-state index in [0.29, 0.717) is 18.1 Å². The molecule has 0 fully saturated rings. The van der Waals surface area contributed by atoms with Crippen molar-refractivity contribution in [3.63, 3.8) is 0 Å². The Labute approximate surface area is 105 Å². The average Bonchev–Trinajstić information content (AvgIpc) is 2.61. The molecule has 0 spiro atoms. The number of pyridine rings is 1. The minimum atomic E-state index is 0.357. The summed E-state index contributed by atoms with van der Waals surface area (Å²) in [6.07, 6.45) is 0.579. The van der Waals surface area contributed by atoms with Crippen molar-refractivity contribution in [2.75, 3.05) is 5.43 Å². The summed E-state index contributed by atoms with van der Waals surface area (Å²) < 4.78 is 1.75. The third kappa shape index (κ3) is 2.01. The summed E-state index contributed by atoms with van der Waals surface area (Å²) in [5.74, 6) is 0.969. The maximum atomic E-state index is 10.3. The predicted octanol–water partition coefficient (Wildman–Crippen LogP) is 1.47. The van der Waals surface area contributed by atoms with Gasteiger partial charge in [0, 0.05) is 12.4 Å². The minimum Gasteiger partial charge on any atom is -0.282 e. The van der Waals surface area contributed by atoms with Gasteiger partial charge in [-0.05, 0) is 24.5 Å². The highest BCUT2D eigenvalue weighted by Crippen LogP contribution is 2.28. The number of aromatic nitrogens is 3. The van der Waals surface area contributed by atoms with Crippen LogP contribution in [0.2, 0.25) is 0 Å². The third-order valence-corrected chi connectivity index (χ3v) is 2.88. The molecule has 0 unspecified atom stereocenters. The molecule has 6 heteroatoms. The molecule has 0 aromatic carbocycles. The van der Waals surface area contributed by atoms with Crippen LogP contribution in [0.4, 0.5) is 5.82 Å². The molecule has 2 N–H and O–H groups in total. The van der Waals surface area contributed by atoms with E-state index in [9.17, 15) is 4.79 Å². The fraction of sp³-hybridized carbons (Fsp3) is 0.417. The van der Waals surface area contributed by atoms with Gasteiger partial charge in [0.15, 0.2) is 5.65 Å². The number of carbonyl (C=O) groups excluding carboxylic acids is 1.